The number of rotatable bonds is 8. The van der Waals surface area contributed by atoms with Crippen LogP contribution in [0.5, 0.6) is 0 Å². The molecule has 1 aromatic heterocycles. The molecule has 162 valence electrons. The van der Waals surface area contributed by atoms with E-state index in [-0.39, 0.29) is 27.5 Å². The summed E-state index contributed by atoms with van der Waals surface area (Å²) < 4.78 is 27.4. The lowest BCUT2D eigenvalue weighted by atomic mass is 9.81. The van der Waals surface area contributed by atoms with Gasteiger partial charge in [-0.1, -0.05) is 29.8 Å². The number of thiophene rings is 1. The number of aryl methyl sites for hydroxylation is 1. The summed E-state index contributed by atoms with van der Waals surface area (Å²) in [6.07, 6.45) is 3.08. The van der Waals surface area contributed by atoms with E-state index in [4.69, 9.17) is 5.73 Å². The molecule has 4 N–H and O–H groups in total. The predicted molar refractivity (Wildman–Crippen MR) is 116 cm³/mol. The molecule has 0 bridgehead atoms. The summed E-state index contributed by atoms with van der Waals surface area (Å²) in [5.41, 5.74) is 7.44. The lowest BCUT2D eigenvalue weighted by Crippen LogP contribution is -2.35. The molecule has 0 saturated heterocycles. The van der Waals surface area contributed by atoms with Gasteiger partial charge in [-0.15, -0.1) is 11.3 Å². The Morgan fingerprint density at radius 3 is 2.40 bits per heavy atom. The van der Waals surface area contributed by atoms with Crippen molar-refractivity contribution in [3.63, 3.8) is 0 Å². The fourth-order valence-corrected chi connectivity index (χ4v) is 5.81. The Kier molecular flexibility index (Phi) is 7.27. The zero-order valence-electron chi connectivity index (χ0n) is 16.9. The average molecular weight is 450 g/mol. The SMILES string of the molecule is Cc1ccc(CNC(=O)C2CCC(CNS(=O)(=O)c3csc(C(N)=O)c3)CC2)cc1. The molecule has 0 radical (unpaired) electrons. The summed E-state index contributed by atoms with van der Waals surface area (Å²) in [5.74, 6) is -0.416. The van der Waals surface area contributed by atoms with Crippen LogP contribution in [0.1, 0.15) is 46.5 Å². The van der Waals surface area contributed by atoms with Crippen LogP contribution in [0.4, 0.5) is 0 Å². The molecular weight excluding hydrogens is 422 g/mol. The number of benzene rings is 1. The molecule has 0 unspecified atom stereocenters. The quantitative estimate of drug-likeness (QED) is 0.574. The molecule has 9 heteroatoms. The average Bonchev–Trinajstić information content (AvgIpc) is 3.24. The Balaban J connectivity index is 1.43. The Labute approximate surface area is 181 Å². The van der Waals surface area contributed by atoms with E-state index in [0.717, 1.165) is 42.6 Å². The highest BCUT2D eigenvalue weighted by Gasteiger charge is 2.27. The molecule has 30 heavy (non-hydrogen) atoms. The third kappa shape index (κ3) is 5.90. The monoisotopic (exact) mass is 449 g/mol. The number of primary amides is 1. The molecular formula is C21H27N3O4S2. The van der Waals surface area contributed by atoms with Crippen LogP contribution in [-0.4, -0.2) is 26.8 Å². The van der Waals surface area contributed by atoms with Crippen LogP contribution in [0, 0.1) is 18.8 Å². The first-order valence-electron chi connectivity index (χ1n) is 9.96. The van der Waals surface area contributed by atoms with Crippen LogP contribution in [0.15, 0.2) is 40.6 Å². The third-order valence-corrected chi connectivity index (χ3v) is 7.99. The van der Waals surface area contributed by atoms with Gasteiger partial charge in [-0.05, 0) is 50.2 Å². The Morgan fingerprint density at radius 2 is 1.80 bits per heavy atom. The van der Waals surface area contributed by atoms with Gasteiger partial charge in [-0.2, -0.15) is 0 Å². The Morgan fingerprint density at radius 1 is 1.13 bits per heavy atom. The zero-order valence-corrected chi connectivity index (χ0v) is 18.5. The number of carbonyl (C=O) groups excluding carboxylic acids is 2. The lowest BCUT2D eigenvalue weighted by Gasteiger charge is -2.27. The largest absolute Gasteiger partial charge is 0.365 e. The molecule has 1 aliphatic carbocycles. The minimum absolute atomic E-state index is 0.0293. The number of nitrogens with two attached hydrogens (primary N) is 1. The first kappa shape index (κ1) is 22.5. The van der Waals surface area contributed by atoms with E-state index in [1.54, 1.807) is 0 Å². The van der Waals surface area contributed by atoms with E-state index in [2.05, 4.69) is 10.0 Å². The summed E-state index contributed by atoms with van der Waals surface area (Å²) in [4.78, 5) is 23.9. The van der Waals surface area contributed by atoms with Gasteiger partial charge in [0.15, 0.2) is 0 Å². The molecule has 0 atom stereocenters. The van der Waals surface area contributed by atoms with Gasteiger partial charge in [0.25, 0.3) is 5.91 Å². The van der Waals surface area contributed by atoms with Crippen molar-refractivity contribution in [2.24, 2.45) is 17.6 Å². The maximum Gasteiger partial charge on any atom is 0.258 e. The van der Waals surface area contributed by atoms with Gasteiger partial charge < -0.3 is 11.1 Å². The van der Waals surface area contributed by atoms with Crippen LogP contribution >= 0.6 is 11.3 Å². The van der Waals surface area contributed by atoms with E-state index in [9.17, 15) is 18.0 Å². The van der Waals surface area contributed by atoms with Crippen molar-refractivity contribution >= 4 is 33.2 Å². The molecule has 1 fully saturated rings. The number of amides is 2. The molecule has 3 rings (SSSR count). The molecule has 1 saturated carbocycles. The molecule has 1 heterocycles. The molecule has 2 amide bonds. The van der Waals surface area contributed by atoms with E-state index in [1.807, 2.05) is 31.2 Å². The highest BCUT2D eigenvalue weighted by molar-refractivity contribution is 7.89. The van der Waals surface area contributed by atoms with Crippen molar-refractivity contribution in [1.29, 1.82) is 0 Å². The molecule has 7 nitrogen and oxygen atoms in total. The molecule has 1 aliphatic rings. The van der Waals surface area contributed by atoms with Crippen molar-refractivity contribution in [3.05, 3.63) is 51.7 Å². The number of carbonyl (C=O) groups is 2. The summed E-state index contributed by atoms with van der Waals surface area (Å²) in [6, 6.07) is 9.37. The number of nitrogens with one attached hydrogen (secondary N) is 2. The first-order chi connectivity index (χ1) is 14.2. The second-order valence-corrected chi connectivity index (χ2v) is 10.5. The third-order valence-electron chi connectivity index (χ3n) is 5.50. The molecule has 0 aliphatic heterocycles. The Bertz CT molecular complexity index is 992. The number of hydrogen-bond donors (Lipinski definition) is 3. The van der Waals surface area contributed by atoms with Gasteiger partial charge in [0.2, 0.25) is 15.9 Å². The van der Waals surface area contributed by atoms with Crippen molar-refractivity contribution in [2.45, 2.75) is 44.0 Å². The number of hydrogen-bond acceptors (Lipinski definition) is 5. The van der Waals surface area contributed by atoms with E-state index >= 15 is 0 Å². The second kappa shape index (κ2) is 9.72. The van der Waals surface area contributed by atoms with E-state index < -0.39 is 15.9 Å². The van der Waals surface area contributed by atoms with Gasteiger partial charge >= 0.3 is 0 Å². The van der Waals surface area contributed by atoms with Gasteiger partial charge in [0.1, 0.15) is 0 Å². The maximum absolute atomic E-state index is 12.4. The zero-order chi connectivity index (χ0) is 21.7. The summed E-state index contributed by atoms with van der Waals surface area (Å²) in [7, 11) is -3.67. The highest BCUT2D eigenvalue weighted by atomic mass is 32.2. The standard InChI is InChI=1S/C21H27N3O4S2/c1-14-2-4-15(5-3-14)11-23-21(26)17-8-6-16(7-9-17)12-24-30(27,28)18-10-19(20(22)25)29-13-18/h2-5,10,13,16-17,24H,6-9,11-12H2,1H3,(H2,22,25)(H,23,26). The molecule has 1 aromatic carbocycles. The van der Waals surface area contributed by atoms with Crippen molar-refractivity contribution < 1.29 is 18.0 Å². The minimum atomic E-state index is -3.67. The van der Waals surface area contributed by atoms with E-state index in [0.29, 0.717) is 13.1 Å². The lowest BCUT2D eigenvalue weighted by molar-refractivity contribution is -0.126. The number of sulfonamides is 1. The van der Waals surface area contributed by atoms with Crippen LogP contribution in [-0.2, 0) is 21.4 Å². The van der Waals surface area contributed by atoms with Crippen molar-refractivity contribution in [2.75, 3.05) is 6.54 Å². The van der Waals surface area contributed by atoms with Crippen LogP contribution in [0.2, 0.25) is 0 Å². The highest BCUT2D eigenvalue weighted by Crippen LogP contribution is 2.29. The minimum Gasteiger partial charge on any atom is -0.365 e. The smallest absolute Gasteiger partial charge is 0.258 e. The molecule has 0 spiro atoms. The van der Waals surface area contributed by atoms with Gasteiger partial charge in [0.05, 0.1) is 9.77 Å². The second-order valence-electron chi connectivity index (χ2n) is 7.78. The first-order valence-corrected chi connectivity index (χ1v) is 12.3. The van der Waals surface area contributed by atoms with Crippen molar-refractivity contribution in [3.8, 4) is 0 Å². The fraction of sp³-hybridized carbons (Fsp3) is 0.429. The maximum atomic E-state index is 12.4. The summed E-state index contributed by atoms with van der Waals surface area (Å²) in [5, 5.41) is 4.42. The van der Waals surface area contributed by atoms with E-state index in [1.165, 1.54) is 17.0 Å². The van der Waals surface area contributed by atoms with Crippen LogP contribution in [0.25, 0.3) is 0 Å². The topological polar surface area (TPSA) is 118 Å². The molecule has 2 aromatic rings. The summed E-state index contributed by atoms with van der Waals surface area (Å²) in [6.45, 7) is 2.87. The summed E-state index contributed by atoms with van der Waals surface area (Å²) >= 11 is 1.01. The van der Waals surface area contributed by atoms with Crippen molar-refractivity contribution in [1.82, 2.24) is 10.0 Å². The van der Waals surface area contributed by atoms with Gasteiger partial charge in [-0.3, -0.25) is 9.59 Å². The van der Waals surface area contributed by atoms with Crippen LogP contribution in [0.3, 0.4) is 0 Å². The van der Waals surface area contributed by atoms with Crippen LogP contribution < -0.4 is 15.8 Å². The fourth-order valence-electron chi connectivity index (χ4n) is 3.57. The normalized spacial score (nSPS) is 19.4. The Hall–Kier alpha value is -2.23. The predicted octanol–water partition coefficient (Wildman–Crippen LogP) is 2.56. The van der Waals surface area contributed by atoms with Gasteiger partial charge in [-0.25, -0.2) is 13.1 Å². The van der Waals surface area contributed by atoms with Gasteiger partial charge in [0, 0.05) is 24.4 Å².